The Kier molecular flexibility index (Phi) is 2.77. The Morgan fingerprint density at radius 1 is 1.22 bits per heavy atom. The lowest BCUT2D eigenvalue weighted by Crippen LogP contribution is -1.94. The number of anilines is 1. The number of imidazole rings is 1. The minimum atomic E-state index is 0.644. The van der Waals surface area contributed by atoms with Crippen LogP contribution in [-0.2, 0) is 0 Å². The average Bonchev–Trinajstić information content (AvgIpc) is 2.88. The molecule has 0 unspecified atom stereocenters. The van der Waals surface area contributed by atoms with Crippen LogP contribution in [0, 0.1) is 0 Å². The fraction of sp³-hybridized carbons (Fsp3) is 0.100. The van der Waals surface area contributed by atoms with Gasteiger partial charge in [-0.1, -0.05) is 0 Å². The highest BCUT2D eigenvalue weighted by Gasteiger charge is 2.08. The number of H-pyrrole nitrogens is 1. The molecule has 0 aliphatic heterocycles. The van der Waals surface area contributed by atoms with Crippen molar-refractivity contribution < 1.29 is 0 Å². The molecule has 0 radical (unpaired) electrons. The summed E-state index contributed by atoms with van der Waals surface area (Å²) in [5, 5.41) is 4.48. The van der Waals surface area contributed by atoms with Crippen molar-refractivity contribution in [1.29, 1.82) is 0 Å². The van der Waals surface area contributed by atoms with E-state index in [1.807, 2.05) is 0 Å². The summed E-state index contributed by atoms with van der Waals surface area (Å²) in [6.45, 7) is 0. The predicted octanol–water partition coefficient (Wildman–Crippen LogP) is 1.34. The van der Waals surface area contributed by atoms with Crippen LogP contribution in [0.25, 0.3) is 11.2 Å². The van der Waals surface area contributed by atoms with E-state index < -0.39 is 0 Å². The fourth-order valence-corrected chi connectivity index (χ4v) is 2.24. The maximum atomic E-state index is 4.37. The van der Waals surface area contributed by atoms with E-state index in [9.17, 15) is 0 Å². The van der Waals surface area contributed by atoms with Crippen LogP contribution in [0.1, 0.15) is 0 Å². The summed E-state index contributed by atoms with van der Waals surface area (Å²) < 4.78 is 0. The van der Waals surface area contributed by atoms with Gasteiger partial charge >= 0.3 is 0 Å². The number of nitrogens with one attached hydrogen (secondary N) is 2. The van der Waals surface area contributed by atoms with Crippen LogP contribution in [0.4, 0.5) is 5.82 Å². The van der Waals surface area contributed by atoms with Gasteiger partial charge in [0.15, 0.2) is 5.65 Å². The number of hydrogen-bond donors (Lipinski definition) is 2. The van der Waals surface area contributed by atoms with Gasteiger partial charge in [-0.05, 0) is 11.8 Å². The van der Waals surface area contributed by atoms with Crippen LogP contribution < -0.4 is 5.32 Å². The lowest BCUT2D eigenvalue weighted by Gasteiger charge is -2.02. The molecule has 3 aromatic rings. The zero-order valence-corrected chi connectivity index (χ0v) is 10.3. The zero-order valence-electron chi connectivity index (χ0n) is 9.45. The lowest BCUT2D eigenvalue weighted by atomic mass is 10.6. The number of nitrogens with zero attached hydrogens (tertiary/aromatic N) is 5. The van der Waals surface area contributed by atoms with E-state index in [1.54, 1.807) is 25.8 Å². The van der Waals surface area contributed by atoms with Gasteiger partial charge in [0.25, 0.3) is 0 Å². The first kappa shape index (κ1) is 10.9. The van der Waals surface area contributed by atoms with Crippen molar-refractivity contribution in [3.63, 3.8) is 0 Å². The van der Waals surface area contributed by atoms with Gasteiger partial charge in [0.1, 0.15) is 27.7 Å². The zero-order chi connectivity index (χ0) is 12.4. The molecule has 0 atom stereocenters. The van der Waals surface area contributed by atoms with Crippen molar-refractivity contribution in [2.75, 3.05) is 12.4 Å². The van der Waals surface area contributed by atoms with Crippen molar-refractivity contribution in [3.05, 3.63) is 25.0 Å². The quantitative estimate of drug-likeness (QED) is 0.685. The third-order valence-corrected chi connectivity index (χ3v) is 3.17. The van der Waals surface area contributed by atoms with E-state index in [1.165, 1.54) is 18.1 Å². The summed E-state index contributed by atoms with van der Waals surface area (Å²) >= 11 is 1.42. The van der Waals surface area contributed by atoms with Crippen molar-refractivity contribution >= 4 is 28.7 Å². The van der Waals surface area contributed by atoms with Crippen LogP contribution in [-0.4, -0.2) is 37.0 Å². The Bertz CT molecular complexity index is 681. The van der Waals surface area contributed by atoms with E-state index in [-0.39, 0.29) is 0 Å². The molecule has 0 spiro atoms. The van der Waals surface area contributed by atoms with E-state index in [2.05, 4.69) is 35.2 Å². The molecule has 18 heavy (non-hydrogen) atoms. The lowest BCUT2D eigenvalue weighted by molar-refractivity contribution is 1.04. The van der Waals surface area contributed by atoms with E-state index >= 15 is 0 Å². The Morgan fingerprint density at radius 3 is 3.06 bits per heavy atom. The standard InChI is InChI=1S/C10H9N7S/c1-11-6-2-12-3-7(17-6)18-10-8-9(14-4-13-8)15-5-16-10/h2-5H,1H3,(H,11,17)(H,13,14,15,16). The summed E-state index contributed by atoms with van der Waals surface area (Å²) in [5.74, 6) is 0.718. The molecule has 0 fully saturated rings. The van der Waals surface area contributed by atoms with E-state index in [0.29, 0.717) is 5.65 Å². The van der Waals surface area contributed by atoms with Crippen molar-refractivity contribution in [1.82, 2.24) is 29.9 Å². The van der Waals surface area contributed by atoms with Gasteiger partial charge in [-0.2, -0.15) is 0 Å². The van der Waals surface area contributed by atoms with Gasteiger partial charge in [-0.25, -0.2) is 19.9 Å². The first-order valence-corrected chi connectivity index (χ1v) is 6.00. The Labute approximate surface area is 107 Å². The molecule has 3 heterocycles. The van der Waals surface area contributed by atoms with Gasteiger partial charge in [0, 0.05) is 7.05 Å². The molecule has 8 heteroatoms. The Hall–Kier alpha value is -2.22. The van der Waals surface area contributed by atoms with Crippen molar-refractivity contribution in [2.24, 2.45) is 0 Å². The molecule has 0 amide bonds. The van der Waals surface area contributed by atoms with Crippen LogP contribution >= 0.6 is 11.8 Å². The largest absolute Gasteiger partial charge is 0.372 e. The summed E-state index contributed by atoms with van der Waals surface area (Å²) in [4.78, 5) is 23.9. The van der Waals surface area contributed by atoms with Crippen LogP contribution in [0.5, 0.6) is 0 Å². The van der Waals surface area contributed by atoms with Gasteiger partial charge in [0.2, 0.25) is 0 Å². The topological polar surface area (TPSA) is 92.3 Å². The molecule has 0 bridgehead atoms. The van der Waals surface area contributed by atoms with Crippen LogP contribution in [0.3, 0.4) is 0 Å². The first-order valence-electron chi connectivity index (χ1n) is 5.18. The highest BCUT2D eigenvalue weighted by molar-refractivity contribution is 7.99. The van der Waals surface area contributed by atoms with Gasteiger partial charge < -0.3 is 10.3 Å². The summed E-state index contributed by atoms with van der Waals surface area (Å²) in [6, 6.07) is 0. The smallest absolute Gasteiger partial charge is 0.181 e. The number of fused-ring (bicyclic) bond motifs is 1. The minimum Gasteiger partial charge on any atom is -0.372 e. The molecule has 90 valence electrons. The molecule has 0 saturated heterocycles. The molecule has 2 N–H and O–H groups in total. The highest BCUT2D eigenvalue weighted by atomic mass is 32.2. The molecular formula is C10H9N7S. The third-order valence-electron chi connectivity index (χ3n) is 2.26. The summed E-state index contributed by atoms with van der Waals surface area (Å²) in [5.41, 5.74) is 1.45. The van der Waals surface area contributed by atoms with Crippen LogP contribution in [0.15, 0.2) is 35.1 Å². The number of aromatic amines is 1. The number of hydrogen-bond acceptors (Lipinski definition) is 7. The molecule has 0 saturated carbocycles. The van der Waals surface area contributed by atoms with Crippen molar-refractivity contribution in [2.45, 2.75) is 10.1 Å². The molecule has 0 aliphatic carbocycles. The summed E-state index contributed by atoms with van der Waals surface area (Å²) in [7, 11) is 1.80. The van der Waals surface area contributed by atoms with Crippen LogP contribution in [0.2, 0.25) is 0 Å². The molecule has 0 aliphatic rings. The second-order valence-electron chi connectivity index (χ2n) is 3.37. The summed E-state index contributed by atoms with van der Waals surface area (Å²) in [6.07, 6.45) is 6.44. The second kappa shape index (κ2) is 4.57. The van der Waals surface area contributed by atoms with Gasteiger partial charge in [-0.15, -0.1) is 0 Å². The molecular weight excluding hydrogens is 250 g/mol. The Morgan fingerprint density at radius 2 is 2.17 bits per heavy atom. The third kappa shape index (κ3) is 1.97. The molecule has 7 nitrogen and oxygen atoms in total. The predicted molar refractivity (Wildman–Crippen MR) is 67.4 cm³/mol. The van der Waals surface area contributed by atoms with Gasteiger partial charge in [-0.3, -0.25) is 4.98 Å². The monoisotopic (exact) mass is 259 g/mol. The Balaban J connectivity index is 1.98. The molecule has 0 aromatic carbocycles. The minimum absolute atomic E-state index is 0.644. The van der Waals surface area contributed by atoms with E-state index in [0.717, 1.165) is 21.4 Å². The normalized spacial score (nSPS) is 10.7. The number of aromatic nitrogens is 6. The molecule has 3 aromatic heterocycles. The maximum Gasteiger partial charge on any atom is 0.181 e. The van der Waals surface area contributed by atoms with Gasteiger partial charge in [0.05, 0.1) is 18.7 Å². The highest BCUT2D eigenvalue weighted by Crippen LogP contribution is 2.28. The first-order chi connectivity index (χ1) is 8.86. The maximum absolute atomic E-state index is 4.37. The molecule has 3 rings (SSSR count). The second-order valence-corrected chi connectivity index (χ2v) is 4.38. The number of rotatable bonds is 3. The van der Waals surface area contributed by atoms with Crippen molar-refractivity contribution in [3.8, 4) is 0 Å². The average molecular weight is 259 g/mol. The van der Waals surface area contributed by atoms with E-state index in [4.69, 9.17) is 0 Å². The fourth-order valence-electron chi connectivity index (χ4n) is 1.44. The SMILES string of the molecule is CNc1cncc(Sc2ncnc3nc[nH]c23)n1.